The van der Waals surface area contributed by atoms with Crippen LogP contribution in [0.2, 0.25) is 0 Å². The topological polar surface area (TPSA) is 104 Å². The second-order valence-corrected chi connectivity index (χ2v) is 18.3. The average Bonchev–Trinajstić information content (AvgIpc) is 3.62. The SMILES string of the molecule is CCO[C@@H](C1CCC2C(CC3C4CCC5C(C)(C)[C@@H](OC(=O)NCCN6CCN(C)CC6)CCC56C[C@@]46CCC23C)O1)C(C)(C)O.CO. The Morgan fingerprint density at radius 1 is 0.958 bits per heavy atom. The number of hydrogen-bond acceptors (Lipinski definition) is 8. The van der Waals surface area contributed by atoms with Crippen molar-refractivity contribution in [3.8, 4) is 0 Å². The number of fused-ring (bicyclic) bond motifs is 4. The van der Waals surface area contributed by atoms with Crippen LogP contribution in [0.3, 0.4) is 0 Å². The largest absolute Gasteiger partial charge is 0.446 e. The summed E-state index contributed by atoms with van der Waals surface area (Å²) in [6.07, 6.45) is 12.0. The minimum atomic E-state index is -0.910. The normalized spacial score (nSPS) is 44.0. The van der Waals surface area contributed by atoms with Gasteiger partial charge in [-0.15, -0.1) is 0 Å². The van der Waals surface area contributed by atoms with Crippen LogP contribution in [0.4, 0.5) is 4.79 Å². The third-order valence-electron chi connectivity index (χ3n) is 15.5. The maximum Gasteiger partial charge on any atom is 0.407 e. The molecule has 0 radical (unpaired) electrons. The molecule has 7 aliphatic rings. The monoisotopic (exact) mass is 676 g/mol. The summed E-state index contributed by atoms with van der Waals surface area (Å²) >= 11 is 0. The zero-order chi connectivity index (χ0) is 34.7. The lowest BCUT2D eigenvalue weighted by Gasteiger charge is -2.59. The van der Waals surface area contributed by atoms with Crippen molar-refractivity contribution in [2.75, 3.05) is 60.0 Å². The van der Waals surface area contributed by atoms with E-state index >= 15 is 0 Å². The predicted octanol–water partition coefficient (Wildman–Crippen LogP) is 5.32. The van der Waals surface area contributed by atoms with E-state index in [0.717, 1.165) is 64.5 Å². The number of aliphatic hydroxyl groups excluding tert-OH is 1. The third kappa shape index (κ3) is 6.06. The molecule has 0 aromatic rings. The fourth-order valence-electron chi connectivity index (χ4n) is 13.2. The summed E-state index contributed by atoms with van der Waals surface area (Å²) in [6, 6.07) is 0. The van der Waals surface area contributed by atoms with Gasteiger partial charge >= 0.3 is 6.09 Å². The molecule has 11 atom stereocenters. The number of ether oxygens (including phenoxy) is 3. The first-order chi connectivity index (χ1) is 22.7. The molecular formula is C39H69N3O6. The van der Waals surface area contributed by atoms with E-state index in [1.165, 1.54) is 51.4 Å². The zero-order valence-corrected chi connectivity index (χ0v) is 31.6. The molecule has 0 aromatic heterocycles. The number of carbonyl (C=O) groups is 1. The van der Waals surface area contributed by atoms with Gasteiger partial charge < -0.3 is 34.6 Å². The molecule has 5 saturated carbocycles. The fraction of sp³-hybridized carbons (Fsp3) is 0.974. The molecule has 5 aliphatic carbocycles. The van der Waals surface area contributed by atoms with Gasteiger partial charge in [0, 0.05) is 58.4 Å². The molecule has 3 N–H and O–H groups in total. The van der Waals surface area contributed by atoms with Gasteiger partial charge in [0.05, 0.1) is 17.8 Å². The number of rotatable bonds is 8. The number of nitrogens with one attached hydrogen (secondary N) is 1. The molecule has 2 saturated heterocycles. The Kier molecular flexibility index (Phi) is 10.4. The molecule has 7 fully saturated rings. The number of piperazine rings is 1. The Bertz CT molecular complexity index is 1140. The molecular weight excluding hydrogens is 606 g/mol. The van der Waals surface area contributed by atoms with E-state index in [0.29, 0.717) is 41.2 Å². The number of hydrogen-bond donors (Lipinski definition) is 3. The van der Waals surface area contributed by atoms with Crippen molar-refractivity contribution in [1.29, 1.82) is 0 Å². The minimum absolute atomic E-state index is 0.00630. The summed E-state index contributed by atoms with van der Waals surface area (Å²) in [7, 11) is 3.17. The smallest absolute Gasteiger partial charge is 0.407 e. The van der Waals surface area contributed by atoms with Crippen molar-refractivity contribution >= 4 is 6.09 Å². The van der Waals surface area contributed by atoms with Crippen molar-refractivity contribution in [3.05, 3.63) is 0 Å². The van der Waals surface area contributed by atoms with Crippen LogP contribution in [0.5, 0.6) is 0 Å². The van der Waals surface area contributed by atoms with Crippen LogP contribution in [-0.4, -0.2) is 116 Å². The minimum Gasteiger partial charge on any atom is -0.446 e. The quantitative estimate of drug-likeness (QED) is 0.318. The van der Waals surface area contributed by atoms with Crippen molar-refractivity contribution < 1.29 is 29.2 Å². The molecule has 8 unspecified atom stereocenters. The molecule has 48 heavy (non-hydrogen) atoms. The van der Waals surface area contributed by atoms with Crippen LogP contribution in [-0.2, 0) is 14.2 Å². The lowest BCUT2D eigenvalue weighted by Crippen LogP contribution is -2.55. The second-order valence-electron chi connectivity index (χ2n) is 18.3. The molecule has 2 heterocycles. The maximum atomic E-state index is 13.0. The summed E-state index contributed by atoms with van der Waals surface area (Å²) in [4.78, 5) is 17.8. The Balaban J connectivity index is 0.00000197. The lowest BCUT2D eigenvalue weighted by atomic mass is 9.46. The molecule has 0 aromatic carbocycles. The van der Waals surface area contributed by atoms with E-state index in [-0.39, 0.29) is 35.9 Å². The van der Waals surface area contributed by atoms with E-state index in [1.807, 2.05) is 20.8 Å². The molecule has 2 spiro atoms. The average molecular weight is 676 g/mol. The Labute approximate surface area is 291 Å². The van der Waals surface area contributed by atoms with Gasteiger partial charge in [0.15, 0.2) is 0 Å². The van der Waals surface area contributed by atoms with E-state index in [1.54, 1.807) is 0 Å². The summed E-state index contributed by atoms with van der Waals surface area (Å²) in [5.74, 6) is 2.77. The summed E-state index contributed by atoms with van der Waals surface area (Å²) in [6.45, 7) is 19.7. The Hall–Kier alpha value is -0.970. The number of nitrogens with zero attached hydrogens (tertiary/aromatic N) is 2. The molecule has 276 valence electrons. The first-order valence-corrected chi connectivity index (χ1v) is 19.5. The summed E-state index contributed by atoms with van der Waals surface area (Å²) in [5.41, 5.74) is 0.341. The van der Waals surface area contributed by atoms with E-state index in [2.05, 4.69) is 42.9 Å². The van der Waals surface area contributed by atoms with Gasteiger partial charge in [-0.3, -0.25) is 4.90 Å². The summed E-state index contributed by atoms with van der Waals surface area (Å²) < 4.78 is 19.3. The third-order valence-corrected chi connectivity index (χ3v) is 15.5. The van der Waals surface area contributed by atoms with Crippen molar-refractivity contribution in [3.63, 3.8) is 0 Å². The van der Waals surface area contributed by atoms with Crippen LogP contribution < -0.4 is 5.32 Å². The first kappa shape index (κ1) is 36.8. The molecule has 2 aliphatic heterocycles. The molecule has 7 rings (SSSR count). The van der Waals surface area contributed by atoms with Crippen molar-refractivity contribution in [1.82, 2.24) is 15.1 Å². The zero-order valence-electron chi connectivity index (χ0n) is 31.6. The van der Waals surface area contributed by atoms with Gasteiger partial charge in [0.2, 0.25) is 0 Å². The van der Waals surface area contributed by atoms with Gasteiger partial charge in [-0.05, 0) is 132 Å². The van der Waals surface area contributed by atoms with Crippen LogP contribution >= 0.6 is 0 Å². The molecule has 0 bridgehead atoms. The lowest BCUT2D eigenvalue weighted by molar-refractivity contribution is -0.193. The van der Waals surface area contributed by atoms with Crippen LogP contribution in [0.15, 0.2) is 0 Å². The Morgan fingerprint density at radius 2 is 1.67 bits per heavy atom. The maximum absolute atomic E-state index is 13.0. The molecule has 1 amide bonds. The fourth-order valence-corrected chi connectivity index (χ4v) is 13.2. The predicted molar refractivity (Wildman–Crippen MR) is 188 cm³/mol. The van der Waals surface area contributed by atoms with Crippen LogP contribution in [0.25, 0.3) is 0 Å². The highest BCUT2D eigenvalue weighted by atomic mass is 16.6. The second kappa shape index (κ2) is 13.5. The number of aliphatic hydroxyl groups is 2. The highest BCUT2D eigenvalue weighted by Gasteiger charge is 2.81. The van der Waals surface area contributed by atoms with Crippen LogP contribution in [0.1, 0.15) is 106 Å². The van der Waals surface area contributed by atoms with Gasteiger partial charge in [0.25, 0.3) is 0 Å². The number of likely N-dealkylation sites (N-methyl/N-ethyl adjacent to an activating group) is 1. The number of amides is 1. The molecule has 9 nitrogen and oxygen atoms in total. The molecule has 9 heteroatoms. The number of carbonyl (C=O) groups excluding carboxylic acids is 1. The highest BCUT2D eigenvalue weighted by molar-refractivity contribution is 5.67. The Morgan fingerprint density at radius 3 is 2.35 bits per heavy atom. The summed E-state index contributed by atoms with van der Waals surface area (Å²) in [5, 5.41) is 21.0. The standard InChI is InChI=1S/C38H65N3O5.CH4O/c1-8-44-32(35(4,5)43)28-11-9-26-29(45-28)23-27-25-10-12-30-34(2,3)31(13-14-38(30)24-37(25,38)16-15-36(26,27)6)46-33(42)39-17-18-41-21-19-40(7)20-22-41;1-2/h25-32,43H,8-24H2,1-7H3,(H,39,42);2H,1H3/t25?,26?,27?,28?,29?,30?,31-,32-,36?,37-,38?;/m0./s1. The van der Waals surface area contributed by atoms with E-state index < -0.39 is 5.60 Å². The van der Waals surface area contributed by atoms with E-state index in [4.69, 9.17) is 19.3 Å². The first-order valence-electron chi connectivity index (χ1n) is 19.5. The highest BCUT2D eigenvalue weighted by Crippen LogP contribution is 2.87. The number of alkyl carbamates (subject to hydrolysis) is 1. The van der Waals surface area contributed by atoms with Gasteiger partial charge in [0.1, 0.15) is 12.2 Å². The van der Waals surface area contributed by atoms with Gasteiger partial charge in [-0.25, -0.2) is 4.79 Å². The van der Waals surface area contributed by atoms with Crippen LogP contribution in [0, 0.1) is 45.3 Å². The van der Waals surface area contributed by atoms with Gasteiger partial charge in [-0.2, -0.15) is 0 Å². The van der Waals surface area contributed by atoms with Crippen molar-refractivity contribution in [2.24, 2.45) is 45.3 Å². The van der Waals surface area contributed by atoms with Crippen molar-refractivity contribution in [2.45, 2.75) is 136 Å². The van der Waals surface area contributed by atoms with Gasteiger partial charge in [-0.1, -0.05) is 20.8 Å². The van der Waals surface area contributed by atoms with E-state index in [9.17, 15) is 9.90 Å².